The summed E-state index contributed by atoms with van der Waals surface area (Å²) in [6.07, 6.45) is 2.39. The molecular weight excluding hydrogens is 302 g/mol. The van der Waals surface area contributed by atoms with Crippen molar-refractivity contribution in [2.45, 2.75) is 0 Å². The first-order valence-corrected chi connectivity index (χ1v) is 6.97. The molecule has 0 atom stereocenters. The van der Waals surface area contributed by atoms with Crippen LogP contribution in [0.3, 0.4) is 0 Å². The van der Waals surface area contributed by atoms with Crippen molar-refractivity contribution in [1.29, 1.82) is 0 Å². The van der Waals surface area contributed by atoms with E-state index in [-0.39, 0.29) is 43.7 Å². The number of amides is 2. The fourth-order valence-electron chi connectivity index (χ4n) is 1.88. The summed E-state index contributed by atoms with van der Waals surface area (Å²) >= 11 is 0. The third-order valence-electron chi connectivity index (χ3n) is 3.04. The van der Waals surface area contributed by atoms with Crippen LogP contribution in [0.1, 0.15) is 10.4 Å². The quantitative estimate of drug-likeness (QED) is 0.226. The lowest BCUT2D eigenvalue weighted by Crippen LogP contribution is -2.33. The summed E-state index contributed by atoms with van der Waals surface area (Å²) in [5.74, 6) is -2.42. The number of ketones is 1. The summed E-state index contributed by atoms with van der Waals surface area (Å²) in [5, 5.41) is 0. The minimum absolute atomic E-state index is 0.0669. The van der Waals surface area contributed by atoms with E-state index in [1.807, 2.05) is 0 Å². The van der Waals surface area contributed by atoms with E-state index in [2.05, 4.69) is 0 Å². The average Bonchev–Trinajstić information content (AvgIpc) is 2.89. The molecule has 7 nitrogen and oxygen atoms in total. The number of imide groups is 1. The van der Waals surface area contributed by atoms with E-state index in [1.165, 1.54) is 24.3 Å². The second-order valence-electron chi connectivity index (χ2n) is 4.60. The molecule has 1 aromatic carbocycles. The van der Waals surface area contributed by atoms with Gasteiger partial charge in [0, 0.05) is 17.7 Å². The molecule has 0 bridgehead atoms. The van der Waals surface area contributed by atoms with E-state index in [1.54, 1.807) is 18.2 Å². The Morgan fingerprint density at radius 1 is 0.913 bits per heavy atom. The first-order chi connectivity index (χ1) is 11.1. The number of carbonyl (C=O) groups excluding carboxylic acids is 4. The Bertz CT molecular complexity index is 619. The van der Waals surface area contributed by atoms with Crippen molar-refractivity contribution in [3.63, 3.8) is 0 Å². The zero-order chi connectivity index (χ0) is 16.7. The monoisotopic (exact) mass is 317 g/mol. The highest BCUT2D eigenvalue weighted by atomic mass is 16.6. The lowest BCUT2D eigenvalue weighted by Gasteiger charge is -2.13. The van der Waals surface area contributed by atoms with Gasteiger partial charge in [-0.15, -0.1) is 0 Å². The average molecular weight is 317 g/mol. The number of rotatable bonds is 8. The normalized spacial score (nSPS) is 13.5. The van der Waals surface area contributed by atoms with E-state index >= 15 is 0 Å². The maximum atomic E-state index is 11.7. The molecule has 0 saturated heterocycles. The Labute approximate surface area is 132 Å². The number of ether oxygens (including phenoxy) is 2. The van der Waals surface area contributed by atoms with Gasteiger partial charge in [0.25, 0.3) is 17.6 Å². The molecule has 1 heterocycles. The predicted molar refractivity (Wildman–Crippen MR) is 78.4 cm³/mol. The minimum atomic E-state index is -0.950. The van der Waals surface area contributed by atoms with Crippen molar-refractivity contribution < 1.29 is 28.7 Å². The van der Waals surface area contributed by atoms with Crippen LogP contribution in [0, 0.1) is 0 Å². The van der Waals surface area contributed by atoms with Crippen LogP contribution in [-0.4, -0.2) is 54.8 Å². The summed E-state index contributed by atoms with van der Waals surface area (Å²) in [4.78, 5) is 46.8. The smallest absolute Gasteiger partial charge is 0.379 e. The Morgan fingerprint density at radius 3 is 2.22 bits per heavy atom. The van der Waals surface area contributed by atoms with Gasteiger partial charge in [-0.3, -0.25) is 19.3 Å². The zero-order valence-electron chi connectivity index (χ0n) is 12.3. The Hall–Kier alpha value is -2.80. The Kier molecular flexibility index (Phi) is 5.76. The first-order valence-electron chi connectivity index (χ1n) is 6.97. The molecule has 1 aliphatic heterocycles. The van der Waals surface area contributed by atoms with Crippen molar-refractivity contribution >= 4 is 23.6 Å². The van der Waals surface area contributed by atoms with Crippen molar-refractivity contribution in [3.05, 3.63) is 48.0 Å². The standard InChI is InChI=1S/C16H15NO6/c18-13-6-7-14(19)17(13)8-9-22-10-11-23-16(21)15(20)12-4-2-1-3-5-12/h1-7H,8-11H2. The molecule has 23 heavy (non-hydrogen) atoms. The van der Waals surface area contributed by atoms with E-state index < -0.39 is 11.8 Å². The van der Waals surface area contributed by atoms with Gasteiger partial charge in [0.05, 0.1) is 19.8 Å². The van der Waals surface area contributed by atoms with Crippen LogP contribution in [0.5, 0.6) is 0 Å². The molecule has 0 aliphatic carbocycles. The predicted octanol–water partition coefficient (Wildman–Crippen LogP) is 0.354. The third-order valence-corrected chi connectivity index (χ3v) is 3.04. The van der Waals surface area contributed by atoms with Gasteiger partial charge < -0.3 is 9.47 Å². The Balaban J connectivity index is 1.60. The second kappa shape index (κ2) is 8.00. The van der Waals surface area contributed by atoms with E-state index in [0.29, 0.717) is 0 Å². The molecule has 0 N–H and O–H groups in total. The molecule has 1 aliphatic rings. The van der Waals surface area contributed by atoms with Crippen molar-refractivity contribution in [3.8, 4) is 0 Å². The number of hydrogen-bond acceptors (Lipinski definition) is 6. The van der Waals surface area contributed by atoms with Crippen LogP contribution in [-0.2, 0) is 23.9 Å². The summed E-state index contributed by atoms with van der Waals surface area (Å²) in [6, 6.07) is 8.09. The molecular formula is C16H15NO6. The van der Waals surface area contributed by atoms with Crippen LogP contribution < -0.4 is 0 Å². The third kappa shape index (κ3) is 4.58. The lowest BCUT2D eigenvalue weighted by molar-refractivity contribution is -0.139. The van der Waals surface area contributed by atoms with Gasteiger partial charge in [0.15, 0.2) is 0 Å². The SMILES string of the molecule is O=C(OCCOCCN1C(=O)C=CC1=O)C(=O)c1ccccc1. The number of carbonyl (C=O) groups is 4. The van der Waals surface area contributed by atoms with Crippen LogP contribution in [0.25, 0.3) is 0 Å². The largest absolute Gasteiger partial charge is 0.457 e. The van der Waals surface area contributed by atoms with Gasteiger partial charge in [0.1, 0.15) is 6.61 Å². The van der Waals surface area contributed by atoms with E-state index in [9.17, 15) is 19.2 Å². The highest BCUT2D eigenvalue weighted by molar-refractivity contribution is 6.40. The fourth-order valence-corrected chi connectivity index (χ4v) is 1.88. The highest BCUT2D eigenvalue weighted by Crippen LogP contribution is 2.03. The maximum Gasteiger partial charge on any atom is 0.379 e. The highest BCUT2D eigenvalue weighted by Gasteiger charge is 2.22. The molecule has 0 unspecified atom stereocenters. The molecule has 2 rings (SSSR count). The summed E-state index contributed by atoms with van der Waals surface area (Å²) in [5.41, 5.74) is 0.261. The number of esters is 1. The summed E-state index contributed by atoms with van der Waals surface area (Å²) in [6.45, 7) is 0.236. The molecule has 120 valence electrons. The molecule has 0 radical (unpaired) electrons. The summed E-state index contributed by atoms with van der Waals surface area (Å²) < 4.78 is 9.96. The number of benzene rings is 1. The van der Waals surface area contributed by atoms with E-state index in [4.69, 9.17) is 9.47 Å². The second-order valence-corrected chi connectivity index (χ2v) is 4.60. The van der Waals surface area contributed by atoms with Gasteiger partial charge in [-0.05, 0) is 0 Å². The number of nitrogens with zero attached hydrogens (tertiary/aromatic N) is 1. The molecule has 1 aromatic rings. The van der Waals surface area contributed by atoms with Crippen molar-refractivity contribution in [2.24, 2.45) is 0 Å². The number of hydrogen-bond donors (Lipinski definition) is 0. The number of Topliss-reactive ketones (excluding diaryl/α,β-unsaturated/α-hetero) is 1. The first kappa shape index (κ1) is 16.6. The summed E-state index contributed by atoms with van der Waals surface area (Å²) in [7, 11) is 0. The van der Waals surface area contributed by atoms with Gasteiger partial charge in [0.2, 0.25) is 0 Å². The van der Waals surface area contributed by atoms with Gasteiger partial charge >= 0.3 is 5.97 Å². The van der Waals surface area contributed by atoms with Crippen LogP contribution in [0.15, 0.2) is 42.5 Å². The van der Waals surface area contributed by atoms with Crippen molar-refractivity contribution in [1.82, 2.24) is 4.90 Å². The van der Waals surface area contributed by atoms with Gasteiger partial charge in [-0.1, -0.05) is 30.3 Å². The minimum Gasteiger partial charge on any atom is -0.457 e. The fraction of sp³-hybridized carbons (Fsp3) is 0.250. The molecule has 2 amide bonds. The molecule has 0 saturated carbocycles. The lowest BCUT2D eigenvalue weighted by atomic mass is 10.1. The Morgan fingerprint density at radius 2 is 1.57 bits per heavy atom. The van der Waals surface area contributed by atoms with Crippen LogP contribution in [0.2, 0.25) is 0 Å². The molecule has 7 heteroatoms. The zero-order valence-corrected chi connectivity index (χ0v) is 12.3. The van der Waals surface area contributed by atoms with Crippen LogP contribution in [0.4, 0.5) is 0 Å². The van der Waals surface area contributed by atoms with E-state index in [0.717, 1.165) is 4.90 Å². The maximum absolute atomic E-state index is 11.7. The topological polar surface area (TPSA) is 90.0 Å². The molecule has 0 fully saturated rings. The molecule has 0 aromatic heterocycles. The molecule has 0 spiro atoms. The van der Waals surface area contributed by atoms with Crippen molar-refractivity contribution in [2.75, 3.05) is 26.4 Å². The van der Waals surface area contributed by atoms with Gasteiger partial charge in [-0.2, -0.15) is 0 Å². The van der Waals surface area contributed by atoms with Crippen LogP contribution >= 0.6 is 0 Å². The van der Waals surface area contributed by atoms with Gasteiger partial charge in [-0.25, -0.2) is 4.79 Å².